The summed E-state index contributed by atoms with van der Waals surface area (Å²) in [5.41, 5.74) is 0.766. The molecule has 2 nitrogen and oxygen atoms in total. The highest BCUT2D eigenvalue weighted by Gasteiger charge is 1.90. The lowest BCUT2D eigenvalue weighted by atomic mass is 10.3. The molecule has 0 aliphatic heterocycles. The van der Waals surface area contributed by atoms with Crippen LogP contribution < -0.4 is 4.74 Å². The van der Waals surface area contributed by atoms with E-state index in [1.165, 1.54) is 0 Å². The van der Waals surface area contributed by atoms with Gasteiger partial charge in [-0.25, -0.2) is 4.98 Å². The second-order valence-electron chi connectivity index (χ2n) is 2.36. The van der Waals surface area contributed by atoms with Gasteiger partial charge in [0, 0.05) is 12.2 Å². The molecule has 0 fully saturated rings. The summed E-state index contributed by atoms with van der Waals surface area (Å²) in [5, 5.41) is 0. The number of aromatic nitrogens is 1. The van der Waals surface area contributed by atoms with Gasteiger partial charge in [-0.2, -0.15) is 12.6 Å². The molecule has 0 unspecified atom stereocenters. The molecule has 1 rings (SSSR count). The molecule has 0 amide bonds. The van der Waals surface area contributed by atoms with Gasteiger partial charge in [0.15, 0.2) is 0 Å². The van der Waals surface area contributed by atoms with E-state index in [0.29, 0.717) is 0 Å². The van der Waals surface area contributed by atoms with Crippen LogP contribution in [-0.4, -0.2) is 17.8 Å². The molecule has 0 spiro atoms. The van der Waals surface area contributed by atoms with Crippen LogP contribution in [0.1, 0.15) is 12.1 Å². The molecule has 13 heavy (non-hydrogen) atoms. The fourth-order valence-electron chi connectivity index (χ4n) is 0.784. The average molecular weight is 193 g/mol. The standard InChI is InChI=1S/C10H11NOS/c1-12-10-6-5-9(11-8-10)4-2-3-7-13/h5-6,8,13H,3,7H2,1H3. The Balaban J connectivity index is 2.65. The number of ether oxygens (including phenoxy) is 1. The van der Waals surface area contributed by atoms with Crippen LogP contribution in [-0.2, 0) is 0 Å². The molecule has 1 aromatic heterocycles. The van der Waals surface area contributed by atoms with Crippen molar-refractivity contribution >= 4 is 12.6 Å². The van der Waals surface area contributed by atoms with Crippen LogP contribution in [0.25, 0.3) is 0 Å². The predicted octanol–water partition coefficient (Wildman–Crippen LogP) is 1.76. The third kappa shape index (κ3) is 3.39. The number of pyridine rings is 1. The quantitative estimate of drug-likeness (QED) is 0.571. The van der Waals surface area contributed by atoms with Crippen molar-refractivity contribution in [1.29, 1.82) is 0 Å². The van der Waals surface area contributed by atoms with E-state index in [9.17, 15) is 0 Å². The lowest BCUT2D eigenvalue weighted by Gasteiger charge is -1.96. The van der Waals surface area contributed by atoms with Crippen LogP contribution >= 0.6 is 12.6 Å². The molecule has 0 bridgehead atoms. The van der Waals surface area contributed by atoms with Crippen LogP contribution in [0.3, 0.4) is 0 Å². The van der Waals surface area contributed by atoms with Crippen LogP contribution in [0, 0.1) is 11.8 Å². The largest absolute Gasteiger partial charge is 0.495 e. The second kappa shape index (κ2) is 5.50. The molecule has 1 aromatic rings. The summed E-state index contributed by atoms with van der Waals surface area (Å²) in [4.78, 5) is 4.10. The zero-order chi connectivity index (χ0) is 9.52. The first kappa shape index (κ1) is 9.94. The number of methoxy groups -OCH3 is 1. The molecule has 1 heterocycles. The van der Waals surface area contributed by atoms with Crippen molar-refractivity contribution < 1.29 is 4.74 Å². The van der Waals surface area contributed by atoms with Crippen LogP contribution in [0.4, 0.5) is 0 Å². The second-order valence-corrected chi connectivity index (χ2v) is 2.81. The van der Waals surface area contributed by atoms with Gasteiger partial charge < -0.3 is 4.74 Å². The van der Waals surface area contributed by atoms with Crippen molar-refractivity contribution in [3.63, 3.8) is 0 Å². The van der Waals surface area contributed by atoms with E-state index in [1.54, 1.807) is 13.3 Å². The topological polar surface area (TPSA) is 22.1 Å². The molecule has 0 atom stereocenters. The van der Waals surface area contributed by atoms with E-state index in [-0.39, 0.29) is 0 Å². The first-order chi connectivity index (χ1) is 6.36. The third-order valence-electron chi connectivity index (χ3n) is 1.43. The Kier molecular flexibility index (Phi) is 4.20. The summed E-state index contributed by atoms with van der Waals surface area (Å²) in [6, 6.07) is 3.68. The van der Waals surface area contributed by atoms with Gasteiger partial charge >= 0.3 is 0 Å². The Morgan fingerprint density at radius 2 is 2.38 bits per heavy atom. The van der Waals surface area contributed by atoms with Gasteiger partial charge in [-0.1, -0.05) is 5.92 Å². The summed E-state index contributed by atoms with van der Waals surface area (Å²) >= 11 is 4.06. The molecule has 0 saturated carbocycles. The van der Waals surface area contributed by atoms with E-state index in [1.807, 2.05) is 12.1 Å². The molecule has 3 heteroatoms. The number of thiol groups is 1. The molecule has 0 saturated heterocycles. The average Bonchev–Trinajstić information content (AvgIpc) is 2.19. The molecule has 0 N–H and O–H groups in total. The fraction of sp³-hybridized carbons (Fsp3) is 0.300. The van der Waals surface area contributed by atoms with E-state index >= 15 is 0 Å². The highest BCUT2D eigenvalue weighted by Crippen LogP contribution is 2.06. The minimum atomic E-state index is 0.750. The van der Waals surface area contributed by atoms with Gasteiger partial charge in [-0.05, 0) is 18.1 Å². The minimum absolute atomic E-state index is 0.750. The van der Waals surface area contributed by atoms with Gasteiger partial charge in [-0.3, -0.25) is 0 Å². The van der Waals surface area contributed by atoms with Gasteiger partial charge in [0.05, 0.1) is 13.3 Å². The zero-order valence-corrected chi connectivity index (χ0v) is 8.34. The SMILES string of the molecule is COc1ccc(C#CCCS)nc1. The van der Waals surface area contributed by atoms with Crippen molar-refractivity contribution in [2.45, 2.75) is 6.42 Å². The summed E-state index contributed by atoms with van der Waals surface area (Å²) in [6.07, 6.45) is 2.45. The molecule has 0 aliphatic carbocycles. The number of hydrogen-bond acceptors (Lipinski definition) is 3. The Labute approximate surface area is 83.7 Å². The molecule has 0 radical (unpaired) electrons. The van der Waals surface area contributed by atoms with E-state index < -0.39 is 0 Å². The summed E-state index contributed by atoms with van der Waals surface area (Å²) in [6.45, 7) is 0. The Bertz CT molecular complexity index is 310. The molecular weight excluding hydrogens is 182 g/mol. The van der Waals surface area contributed by atoms with E-state index in [0.717, 1.165) is 23.6 Å². The normalized spacial score (nSPS) is 8.77. The highest BCUT2D eigenvalue weighted by atomic mass is 32.1. The highest BCUT2D eigenvalue weighted by molar-refractivity contribution is 7.80. The van der Waals surface area contributed by atoms with Gasteiger partial charge in [0.2, 0.25) is 0 Å². The zero-order valence-electron chi connectivity index (χ0n) is 7.45. The Morgan fingerprint density at radius 1 is 1.54 bits per heavy atom. The van der Waals surface area contributed by atoms with Crippen molar-refractivity contribution in [2.24, 2.45) is 0 Å². The maximum absolute atomic E-state index is 4.97. The van der Waals surface area contributed by atoms with E-state index in [2.05, 4.69) is 29.5 Å². The first-order valence-corrected chi connectivity index (χ1v) is 4.60. The minimum Gasteiger partial charge on any atom is -0.495 e. The van der Waals surface area contributed by atoms with E-state index in [4.69, 9.17) is 4.74 Å². The van der Waals surface area contributed by atoms with Gasteiger partial charge in [0.1, 0.15) is 11.4 Å². The number of hydrogen-bond donors (Lipinski definition) is 1. The fourth-order valence-corrected chi connectivity index (χ4v) is 0.896. The summed E-state index contributed by atoms with van der Waals surface area (Å²) in [5.74, 6) is 7.42. The maximum atomic E-state index is 4.97. The van der Waals surface area contributed by atoms with Gasteiger partial charge in [-0.15, -0.1) is 0 Å². The van der Waals surface area contributed by atoms with Crippen LogP contribution in [0.5, 0.6) is 5.75 Å². The lowest BCUT2D eigenvalue weighted by molar-refractivity contribution is 0.413. The molecular formula is C10H11NOS. The molecule has 0 aromatic carbocycles. The maximum Gasteiger partial charge on any atom is 0.137 e. The Hall–Kier alpha value is -1.14. The predicted molar refractivity (Wildman–Crippen MR) is 56.1 cm³/mol. The Morgan fingerprint density at radius 3 is 2.92 bits per heavy atom. The van der Waals surface area contributed by atoms with Crippen LogP contribution in [0.15, 0.2) is 18.3 Å². The molecule has 0 aliphatic rings. The number of rotatable bonds is 2. The van der Waals surface area contributed by atoms with Crippen molar-refractivity contribution in [2.75, 3.05) is 12.9 Å². The smallest absolute Gasteiger partial charge is 0.137 e. The third-order valence-corrected chi connectivity index (χ3v) is 1.65. The van der Waals surface area contributed by atoms with Gasteiger partial charge in [0.25, 0.3) is 0 Å². The lowest BCUT2D eigenvalue weighted by Crippen LogP contribution is -1.86. The number of nitrogens with zero attached hydrogens (tertiary/aromatic N) is 1. The van der Waals surface area contributed by atoms with Crippen LogP contribution in [0.2, 0.25) is 0 Å². The van der Waals surface area contributed by atoms with Crippen molar-refractivity contribution in [3.05, 3.63) is 24.0 Å². The molecule has 68 valence electrons. The van der Waals surface area contributed by atoms with Crippen molar-refractivity contribution in [3.8, 4) is 17.6 Å². The summed E-state index contributed by atoms with van der Waals surface area (Å²) < 4.78 is 4.97. The van der Waals surface area contributed by atoms with Crippen molar-refractivity contribution in [1.82, 2.24) is 4.98 Å². The first-order valence-electron chi connectivity index (χ1n) is 3.96. The summed E-state index contributed by atoms with van der Waals surface area (Å²) in [7, 11) is 1.61. The monoisotopic (exact) mass is 193 g/mol.